The lowest BCUT2D eigenvalue weighted by atomic mass is 10.2. The van der Waals surface area contributed by atoms with Crippen LogP contribution in [-0.2, 0) is 9.53 Å². The molecule has 0 bridgehead atoms. The number of rotatable bonds is 4. The summed E-state index contributed by atoms with van der Waals surface area (Å²) in [5.74, 6) is -2.11. The van der Waals surface area contributed by atoms with E-state index < -0.39 is 24.3 Å². The van der Waals surface area contributed by atoms with E-state index in [4.69, 9.17) is 9.26 Å². The Bertz CT molecular complexity index is 681. The normalized spacial score (nSPS) is 10.2. The maximum atomic E-state index is 13.5. The number of hydrogen-bond donors (Lipinski definition) is 1. The van der Waals surface area contributed by atoms with Crippen molar-refractivity contribution in [3.05, 3.63) is 47.1 Å². The van der Waals surface area contributed by atoms with Gasteiger partial charge in [-0.1, -0.05) is 11.2 Å². The Morgan fingerprint density at radius 1 is 1.33 bits per heavy atom. The number of halogens is 1. The molecular weight excluding hydrogens is 279 g/mol. The second kappa shape index (κ2) is 6.17. The minimum atomic E-state index is -0.810. The Balaban J connectivity index is 1.89. The SMILES string of the molecule is Cc1ccc(NC(=O)COC(=O)c2cc(C)no2)c(F)c1. The van der Waals surface area contributed by atoms with E-state index in [1.54, 1.807) is 19.9 Å². The predicted molar refractivity (Wildman–Crippen MR) is 71.3 cm³/mol. The number of nitrogens with one attached hydrogen (secondary N) is 1. The Labute approximate surface area is 119 Å². The molecule has 0 aliphatic carbocycles. The van der Waals surface area contributed by atoms with E-state index in [-0.39, 0.29) is 11.4 Å². The maximum Gasteiger partial charge on any atom is 0.377 e. The van der Waals surface area contributed by atoms with E-state index in [9.17, 15) is 14.0 Å². The Morgan fingerprint density at radius 2 is 2.10 bits per heavy atom. The number of amides is 1. The summed E-state index contributed by atoms with van der Waals surface area (Å²) in [7, 11) is 0. The van der Waals surface area contributed by atoms with Crippen LogP contribution in [0.4, 0.5) is 10.1 Å². The van der Waals surface area contributed by atoms with E-state index in [1.165, 1.54) is 18.2 Å². The first-order valence-electron chi connectivity index (χ1n) is 6.12. The van der Waals surface area contributed by atoms with Crippen LogP contribution in [0.15, 0.2) is 28.8 Å². The van der Waals surface area contributed by atoms with Gasteiger partial charge in [0.2, 0.25) is 5.76 Å². The highest BCUT2D eigenvalue weighted by Gasteiger charge is 2.15. The fourth-order valence-electron chi connectivity index (χ4n) is 1.57. The molecule has 0 saturated heterocycles. The number of ether oxygens (including phenoxy) is 1. The lowest BCUT2D eigenvalue weighted by Gasteiger charge is -2.07. The quantitative estimate of drug-likeness (QED) is 0.874. The third kappa shape index (κ3) is 3.88. The molecule has 0 aliphatic heterocycles. The average Bonchev–Trinajstić information content (AvgIpc) is 2.86. The van der Waals surface area contributed by atoms with Gasteiger partial charge in [-0.05, 0) is 31.5 Å². The van der Waals surface area contributed by atoms with Crippen LogP contribution in [0.2, 0.25) is 0 Å². The summed E-state index contributed by atoms with van der Waals surface area (Å²) in [4.78, 5) is 23.1. The van der Waals surface area contributed by atoms with E-state index in [1.807, 2.05) is 0 Å². The number of hydrogen-bond acceptors (Lipinski definition) is 5. The molecule has 0 atom stereocenters. The van der Waals surface area contributed by atoms with Crippen LogP contribution < -0.4 is 5.32 Å². The Hall–Kier alpha value is -2.70. The second-order valence-corrected chi connectivity index (χ2v) is 4.44. The molecule has 0 radical (unpaired) electrons. The molecule has 2 rings (SSSR count). The van der Waals surface area contributed by atoms with Crippen LogP contribution in [0.1, 0.15) is 21.8 Å². The number of anilines is 1. The highest BCUT2D eigenvalue weighted by Crippen LogP contribution is 2.15. The van der Waals surface area contributed by atoms with Gasteiger partial charge in [0.25, 0.3) is 5.91 Å². The van der Waals surface area contributed by atoms with Crippen molar-refractivity contribution in [2.45, 2.75) is 13.8 Å². The summed E-state index contributed by atoms with van der Waals surface area (Å²) in [6.07, 6.45) is 0. The average molecular weight is 292 g/mol. The van der Waals surface area contributed by atoms with Crippen LogP contribution in [0.5, 0.6) is 0 Å². The molecule has 1 aromatic carbocycles. The van der Waals surface area contributed by atoms with E-state index in [0.717, 1.165) is 5.56 Å². The van der Waals surface area contributed by atoms with Crippen LogP contribution in [-0.4, -0.2) is 23.6 Å². The van der Waals surface area contributed by atoms with Crippen molar-refractivity contribution in [1.82, 2.24) is 5.16 Å². The molecule has 0 aliphatic rings. The van der Waals surface area contributed by atoms with Crippen molar-refractivity contribution in [3.8, 4) is 0 Å². The minimum absolute atomic E-state index is 0.0251. The molecule has 2 aromatic rings. The summed E-state index contributed by atoms with van der Waals surface area (Å²) in [6, 6.07) is 5.77. The number of esters is 1. The molecule has 110 valence electrons. The molecule has 6 nitrogen and oxygen atoms in total. The first kappa shape index (κ1) is 14.7. The van der Waals surface area contributed by atoms with Crippen LogP contribution in [0, 0.1) is 19.7 Å². The fourth-order valence-corrected chi connectivity index (χ4v) is 1.57. The number of aromatic nitrogens is 1. The molecule has 0 fully saturated rings. The van der Waals surface area contributed by atoms with E-state index >= 15 is 0 Å². The first-order valence-corrected chi connectivity index (χ1v) is 6.12. The van der Waals surface area contributed by atoms with Crippen LogP contribution in [0.25, 0.3) is 0 Å². The zero-order valence-electron chi connectivity index (χ0n) is 11.5. The van der Waals surface area contributed by atoms with Crippen molar-refractivity contribution in [1.29, 1.82) is 0 Å². The third-order valence-corrected chi connectivity index (χ3v) is 2.56. The topological polar surface area (TPSA) is 81.4 Å². The molecule has 1 heterocycles. The summed E-state index contributed by atoms with van der Waals surface area (Å²) >= 11 is 0. The van der Waals surface area contributed by atoms with Gasteiger partial charge in [0.15, 0.2) is 6.61 Å². The Kier molecular flexibility index (Phi) is 4.32. The van der Waals surface area contributed by atoms with Gasteiger partial charge in [0, 0.05) is 6.07 Å². The molecule has 21 heavy (non-hydrogen) atoms. The summed E-state index contributed by atoms with van der Waals surface area (Å²) in [6.45, 7) is 2.83. The molecule has 0 spiro atoms. The standard InChI is InChI=1S/C14H13FN2O4/c1-8-3-4-11(10(15)5-8)16-13(18)7-20-14(19)12-6-9(2)17-21-12/h3-6H,7H2,1-2H3,(H,16,18). The van der Waals surface area contributed by atoms with Crippen LogP contribution in [0.3, 0.4) is 0 Å². The van der Waals surface area contributed by atoms with E-state index in [0.29, 0.717) is 5.69 Å². The van der Waals surface area contributed by atoms with Gasteiger partial charge in [-0.2, -0.15) is 0 Å². The lowest BCUT2D eigenvalue weighted by molar-refractivity contribution is -0.119. The number of benzene rings is 1. The molecule has 0 unspecified atom stereocenters. The minimum Gasteiger partial charge on any atom is -0.450 e. The number of aryl methyl sites for hydroxylation is 2. The van der Waals surface area contributed by atoms with Crippen molar-refractivity contribution in [2.75, 3.05) is 11.9 Å². The van der Waals surface area contributed by atoms with Crippen molar-refractivity contribution in [3.63, 3.8) is 0 Å². The smallest absolute Gasteiger partial charge is 0.377 e. The molecule has 1 aromatic heterocycles. The van der Waals surface area contributed by atoms with E-state index in [2.05, 4.69) is 10.5 Å². The molecule has 1 amide bonds. The van der Waals surface area contributed by atoms with Gasteiger partial charge >= 0.3 is 5.97 Å². The highest BCUT2D eigenvalue weighted by atomic mass is 19.1. The first-order chi connectivity index (χ1) is 9.95. The lowest BCUT2D eigenvalue weighted by Crippen LogP contribution is -2.21. The molecule has 0 saturated carbocycles. The number of nitrogens with zero attached hydrogens (tertiary/aromatic N) is 1. The van der Waals surface area contributed by atoms with Gasteiger partial charge < -0.3 is 14.6 Å². The number of carbonyl (C=O) groups is 2. The van der Waals surface area contributed by atoms with Crippen molar-refractivity contribution < 1.29 is 23.2 Å². The second-order valence-electron chi connectivity index (χ2n) is 4.44. The van der Waals surface area contributed by atoms with Gasteiger partial charge in [-0.25, -0.2) is 9.18 Å². The number of carbonyl (C=O) groups excluding carboxylic acids is 2. The van der Waals surface area contributed by atoms with Gasteiger partial charge in [0.1, 0.15) is 5.82 Å². The summed E-state index contributed by atoms with van der Waals surface area (Å²) < 4.78 is 23.0. The third-order valence-electron chi connectivity index (χ3n) is 2.56. The van der Waals surface area contributed by atoms with Crippen LogP contribution >= 0.6 is 0 Å². The largest absolute Gasteiger partial charge is 0.450 e. The van der Waals surface area contributed by atoms with Crippen molar-refractivity contribution in [2.24, 2.45) is 0 Å². The zero-order valence-corrected chi connectivity index (χ0v) is 11.5. The molecular formula is C14H13FN2O4. The van der Waals surface area contributed by atoms with Gasteiger partial charge in [0.05, 0.1) is 11.4 Å². The van der Waals surface area contributed by atoms with Gasteiger partial charge in [-0.15, -0.1) is 0 Å². The molecule has 7 heteroatoms. The summed E-state index contributed by atoms with van der Waals surface area (Å²) in [5.41, 5.74) is 1.28. The maximum absolute atomic E-state index is 13.5. The zero-order chi connectivity index (χ0) is 15.4. The highest BCUT2D eigenvalue weighted by molar-refractivity contribution is 5.94. The Morgan fingerprint density at radius 3 is 2.71 bits per heavy atom. The predicted octanol–water partition coefficient (Wildman–Crippen LogP) is 2.23. The summed E-state index contributed by atoms with van der Waals surface area (Å²) in [5, 5.41) is 5.84. The fraction of sp³-hybridized carbons (Fsp3) is 0.214. The molecule has 1 N–H and O–H groups in total. The van der Waals surface area contributed by atoms with Gasteiger partial charge in [-0.3, -0.25) is 4.79 Å². The monoisotopic (exact) mass is 292 g/mol. The van der Waals surface area contributed by atoms with Crippen molar-refractivity contribution >= 4 is 17.6 Å².